The summed E-state index contributed by atoms with van der Waals surface area (Å²) in [5.41, 5.74) is 0.471. The Bertz CT molecular complexity index is 452. The molecule has 0 aromatic heterocycles. The summed E-state index contributed by atoms with van der Waals surface area (Å²) in [4.78, 5) is 26.9. The van der Waals surface area contributed by atoms with Crippen LogP contribution in [0.4, 0.5) is 5.69 Å². The zero-order chi connectivity index (χ0) is 13.5. The molecule has 1 aromatic rings. The quantitative estimate of drug-likeness (QED) is 0.629. The molecule has 0 saturated carbocycles. The maximum absolute atomic E-state index is 11.7. The zero-order valence-electron chi connectivity index (χ0n) is 9.99. The second kappa shape index (κ2) is 6.41. The van der Waals surface area contributed by atoms with Gasteiger partial charge in [-0.2, -0.15) is 5.06 Å². The number of carbonyl (C=O) groups excluding carboxylic acids is 1. The van der Waals surface area contributed by atoms with E-state index in [2.05, 4.69) is 0 Å². The molecule has 0 unspecified atom stereocenters. The standard InChI is InChI=1S/C12H13NO5/c1-17-10-5-3-9(4-6-10)13(18-2)11(14)7-8-12(15)16/h3-8H,1-2H3,(H,15,16)/b8-7+. The number of rotatable bonds is 5. The summed E-state index contributed by atoms with van der Waals surface area (Å²) in [5, 5.41) is 9.41. The molecule has 0 aliphatic carbocycles. The molecule has 0 radical (unpaired) electrons. The zero-order valence-corrected chi connectivity index (χ0v) is 9.99. The molecule has 0 spiro atoms. The number of methoxy groups -OCH3 is 1. The lowest BCUT2D eigenvalue weighted by molar-refractivity contribution is -0.131. The van der Waals surface area contributed by atoms with Crippen molar-refractivity contribution >= 4 is 17.6 Å². The molecule has 6 nitrogen and oxygen atoms in total. The molecule has 1 amide bonds. The predicted molar refractivity (Wildman–Crippen MR) is 64.3 cm³/mol. The van der Waals surface area contributed by atoms with Crippen LogP contribution in [-0.2, 0) is 14.4 Å². The van der Waals surface area contributed by atoms with Gasteiger partial charge in [-0.25, -0.2) is 4.79 Å². The molecule has 96 valence electrons. The normalized spacial score (nSPS) is 10.3. The SMILES string of the molecule is COc1ccc(N(OC)C(=O)/C=C/C(=O)O)cc1. The first-order chi connectivity index (χ1) is 8.58. The van der Waals surface area contributed by atoms with E-state index < -0.39 is 11.9 Å². The minimum absolute atomic E-state index is 0.471. The first-order valence-corrected chi connectivity index (χ1v) is 5.01. The highest BCUT2D eigenvalue weighted by Gasteiger charge is 2.13. The van der Waals surface area contributed by atoms with E-state index in [4.69, 9.17) is 14.7 Å². The van der Waals surface area contributed by atoms with E-state index in [1.54, 1.807) is 24.3 Å². The first-order valence-electron chi connectivity index (χ1n) is 5.01. The number of hydroxylamine groups is 1. The number of anilines is 1. The number of carboxylic acid groups (broad SMARTS) is 1. The predicted octanol–water partition coefficient (Wildman–Crippen LogP) is 1.23. The van der Waals surface area contributed by atoms with Crippen molar-refractivity contribution in [2.24, 2.45) is 0 Å². The Morgan fingerprint density at radius 2 is 1.78 bits per heavy atom. The van der Waals surface area contributed by atoms with E-state index in [9.17, 15) is 9.59 Å². The maximum atomic E-state index is 11.7. The van der Waals surface area contributed by atoms with Gasteiger partial charge >= 0.3 is 5.97 Å². The van der Waals surface area contributed by atoms with Crippen molar-refractivity contribution in [2.75, 3.05) is 19.3 Å². The van der Waals surface area contributed by atoms with Crippen molar-refractivity contribution < 1.29 is 24.3 Å². The van der Waals surface area contributed by atoms with Crippen LogP contribution < -0.4 is 9.80 Å². The Hall–Kier alpha value is -2.34. The van der Waals surface area contributed by atoms with Gasteiger partial charge in [0.2, 0.25) is 0 Å². The van der Waals surface area contributed by atoms with Crippen molar-refractivity contribution in [3.8, 4) is 5.75 Å². The van der Waals surface area contributed by atoms with Crippen molar-refractivity contribution in [3.63, 3.8) is 0 Å². The summed E-state index contributed by atoms with van der Waals surface area (Å²) in [7, 11) is 2.85. The van der Waals surface area contributed by atoms with Gasteiger partial charge in [0.15, 0.2) is 0 Å². The van der Waals surface area contributed by atoms with E-state index in [1.165, 1.54) is 14.2 Å². The summed E-state index contributed by atoms with van der Waals surface area (Å²) < 4.78 is 4.99. The van der Waals surface area contributed by atoms with Crippen LogP contribution in [0.25, 0.3) is 0 Å². The van der Waals surface area contributed by atoms with Crippen LogP contribution in [0.1, 0.15) is 0 Å². The van der Waals surface area contributed by atoms with E-state index in [0.29, 0.717) is 11.4 Å². The molecule has 0 saturated heterocycles. The molecule has 0 fully saturated rings. The highest BCUT2D eigenvalue weighted by Crippen LogP contribution is 2.19. The minimum Gasteiger partial charge on any atom is -0.497 e. The number of carboxylic acids is 1. The Kier molecular flexibility index (Phi) is 4.89. The Labute approximate surface area is 104 Å². The van der Waals surface area contributed by atoms with Gasteiger partial charge in [-0.15, -0.1) is 0 Å². The van der Waals surface area contributed by atoms with Crippen LogP contribution in [0, 0.1) is 0 Å². The Balaban J connectivity index is 2.87. The summed E-state index contributed by atoms with van der Waals surface area (Å²) in [5.74, 6) is -1.15. The van der Waals surface area contributed by atoms with E-state index in [-0.39, 0.29) is 0 Å². The topological polar surface area (TPSA) is 76.1 Å². The molecule has 1 N–H and O–H groups in total. The molecule has 1 aromatic carbocycles. The maximum Gasteiger partial charge on any atom is 0.328 e. The molecule has 0 aliphatic heterocycles. The Morgan fingerprint density at radius 3 is 2.22 bits per heavy atom. The van der Waals surface area contributed by atoms with Crippen LogP contribution in [0.15, 0.2) is 36.4 Å². The van der Waals surface area contributed by atoms with E-state index >= 15 is 0 Å². The molecule has 0 atom stereocenters. The fraction of sp³-hybridized carbons (Fsp3) is 0.167. The van der Waals surface area contributed by atoms with Gasteiger partial charge in [-0.1, -0.05) is 0 Å². The average molecular weight is 251 g/mol. The number of aliphatic carboxylic acids is 1. The molecule has 18 heavy (non-hydrogen) atoms. The lowest BCUT2D eigenvalue weighted by Crippen LogP contribution is -2.28. The van der Waals surface area contributed by atoms with Crippen molar-refractivity contribution in [2.45, 2.75) is 0 Å². The van der Waals surface area contributed by atoms with Crippen LogP contribution in [0.2, 0.25) is 0 Å². The number of amides is 1. The van der Waals surface area contributed by atoms with Gasteiger partial charge in [0.05, 0.1) is 19.9 Å². The third kappa shape index (κ3) is 3.60. The fourth-order valence-electron chi connectivity index (χ4n) is 1.25. The summed E-state index contributed by atoms with van der Waals surface area (Å²) >= 11 is 0. The number of carbonyl (C=O) groups is 2. The van der Waals surface area contributed by atoms with Gasteiger partial charge in [0, 0.05) is 12.2 Å². The van der Waals surface area contributed by atoms with E-state index in [1.807, 2.05) is 0 Å². The number of ether oxygens (including phenoxy) is 1. The number of benzene rings is 1. The molecule has 0 aliphatic rings. The fourth-order valence-corrected chi connectivity index (χ4v) is 1.25. The third-order valence-corrected chi connectivity index (χ3v) is 2.06. The third-order valence-electron chi connectivity index (χ3n) is 2.06. The Morgan fingerprint density at radius 1 is 1.17 bits per heavy atom. The van der Waals surface area contributed by atoms with Crippen LogP contribution in [0.5, 0.6) is 5.75 Å². The lowest BCUT2D eigenvalue weighted by Gasteiger charge is -2.17. The van der Waals surface area contributed by atoms with Crippen LogP contribution in [0.3, 0.4) is 0 Å². The summed E-state index contributed by atoms with van der Waals surface area (Å²) in [6.45, 7) is 0. The van der Waals surface area contributed by atoms with Crippen molar-refractivity contribution in [1.29, 1.82) is 0 Å². The molecular weight excluding hydrogens is 238 g/mol. The van der Waals surface area contributed by atoms with Gasteiger partial charge in [-0.3, -0.25) is 9.63 Å². The smallest absolute Gasteiger partial charge is 0.328 e. The number of hydrogen-bond acceptors (Lipinski definition) is 4. The number of nitrogens with zero attached hydrogens (tertiary/aromatic N) is 1. The molecular formula is C12H13NO5. The van der Waals surface area contributed by atoms with E-state index in [0.717, 1.165) is 17.2 Å². The monoisotopic (exact) mass is 251 g/mol. The van der Waals surface area contributed by atoms with Gasteiger partial charge in [-0.05, 0) is 24.3 Å². The molecule has 1 rings (SSSR count). The molecule has 0 heterocycles. The highest BCUT2D eigenvalue weighted by molar-refractivity contribution is 6.02. The minimum atomic E-state index is -1.20. The second-order valence-electron chi connectivity index (χ2n) is 3.18. The van der Waals surface area contributed by atoms with Crippen LogP contribution in [-0.4, -0.2) is 31.2 Å². The van der Waals surface area contributed by atoms with Crippen LogP contribution >= 0.6 is 0 Å². The van der Waals surface area contributed by atoms with Gasteiger partial charge < -0.3 is 9.84 Å². The second-order valence-corrected chi connectivity index (χ2v) is 3.18. The lowest BCUT2D eigenvalue weighted by atomic mass is 10.3. The summed E-state index contributed by atoms with van der Waals surface area (Å²) in [6, 6.07) is 6.56. The molecule has 6 heteroatoms. The average Bonchev–Trinajstić information content (AvgIpc) is 2.38. The summed E-state index contributed by atoms with van der Waals surface area (Å²) in [6.07, 6.45) is 1.66. The van der Waals surface area contributed by atoms with Gasteiger partial charge in [0.1, 0.15) is 5.75 Å². The van der Waals surface area contributed by atoms with Crippen molar-refractivity contribution in [3.05, 3.63) is 36.4 Å². The highest BCUT2D eigenvalue weighted by atomic mass is 16.7. The van der Waals surface area contributed by atoms with Crippen molar-refractivity contribution in [1.82, 2.24) is 0 Å². The van der Waals surface area contributed by atoms with Gasteiger partial charge in [0.25, 0.3) is 5.91 Å². The number of hydrogen-bond donors (Lipinski definition) is 1. The molecule has 0 bridgehead atoms. The first kappa shape index (κ1) is 13.7. The largest absolute Gasteiger partial charge is 0.497 e.